The van der Waals surface area contributed by atoms with Crippen molar-refractivity contribution in [3.05, 3.63) is 0 Å². The predicted molar refractivity (Wildman–Crippen MR) is 170 cm³/mol. The van der Waals surface area contributed by atoms with Crippen LogP contribution < -0.4 is 38.1 Å². The summed E-state index contributed by atoms with van der Waals surface area (Å²) in [7, 11) is 0. The Bertz CT molecular complexity index is 1170. The molecule has 0 aliphatic carbocycles. The van der Waals surface area contributed by atoms with Gasteiger partial charge < -0.3 is 53.2 Å². The molecule has 7 atom stereocenters. The van der Waals surface area contributed by atoms with Gasteiger partial charge in [0.1, 0.15) is 36.3 Å². The molecule has 18 nitrogen and oxygen atoms in total. The lowest BCUT2D eigenvalue weighted by Crippen LogP contribution is -2.59. The van der Waals surface area contributed by atoms with Crippen LogP contribution in [0.15, 0.2) is 0 Å². The van der Waals surface area contributed by atoms with Gasteiger partial charge in [-0.05, 0) is 45.4 Å². The van der Waals surface area contributed by atoms with Gasteiger partial charge in [0.25, 0.3) is 0 Å². The molecular formula is C28H48N8O10S. The summed E-state index contributed by atoms with van der Waals surface area (Å²) in [5, 5.41) is 30.8. The molecule has 0 aromatic carbocycles. The van der Waals surface area contributed by atoms with E-state index in [9.17, 15) is 43.5 Å². The van der Waals surface area contributed by atoms with Gasteiger partial charge >= 0.3 is 5.97 Å². The lowest BCUT2D eigenvalue weighted by molar-refractivity contribution is -0.143. The van der Waals surface area contributed by atoms with Crippen molar-refractivity contribution in [2.24, 2.45) is 17.4 Å². The van der Waals surface area contributed by atoms with E-state index in [4.69, 9.17) is 16.6 Å². The fraction of sp³-hybridized carbons (Fsp3) is 0.714. The third-order valence-electron chi connectivity index (χ3n) is 7.30. The minimum atomic E-state index is -1.49. The Kier molecular flexibility index (Phi) is 17.2. The number of aliphatic carboxylic acids is 1. The average Bonchev–Trinajstić information content (AvgIpc) is 3.50. The Morgan fingerprint density at radius 2 is 1.38 bits per heavy atom. The van der Waals surface area contributed by atoms with E-state index in [0.29, 0.717) is 6.42 Å². The summed E-state index contributed by atoms with van der Waals surface area (Å²) in [6.07, 6.45) is 0.321. The number of nitrogens with zero attached hydrogens (tertiary/aromatic N) is 1. The molecule has 1 heterocycles. The second-order valence-electron chi connectivity index (χ2n) is 11.8. The van der Waals surface area contributed by atoms with Crippen LogP contribution >= 0.6 is 12.6 Å². The normalized spacial score (nSPS) is 18.1. The van der Waals surface area contributed by atoms with E-state index < -0.39 is 96.2 Å². The molecule has 19 heteroatoms. The molecule has 0 aromatic rings. The number of hydrogen-bond donors (Lipinski definition) is 10. The number of carboxylic acid groups (broad SMARTS) is 1. The van der Waals surface area contributed by atoms with Crippen LogP contribution in [0, 0.1) is 5.92 Å². The second kappa shape index (κ2) is 19.6. The van der Waals surface area contributed by atoms with Crippen LogP contribution in [0.25, 0.3) is 0 Å². The highest BCUT2D eigenvalue weighted by Gasteiger charge is 2.39. The fourth-order valence-corrected chi connectivity index (χ4v) is 4.82. The SMILES string of the molecule is CC(C)C[C@H](NC(=O)[C@@H]1CCCN1C(=O)[C@H](C)NC(=O)[C@H](CCC(N)=O)NC(=O)[C@H](CO)NC(=O)[C@@H](N)CS)C(=O)N[C@@H](C)C(=O)O. The summed E-state index contributed by atoms with van der Waals surface area (Å²) in [4.78, 5) is 101. The number of rotatable bonds is 19. The second-order valence-corrected chi connectivity index (χ2v) is 12.1. The largest absolute Gasteiger partial charge is 0.480 e. The molecule has 11 N–H and O–H groups in total. The number of amides is 7. The molecule has 0 radical (unpaired) electrons. The average molecular weight is 689 g/mol. The maximum atomic E-state index is 13.4. The van der Waals surface area contributed by atoms with Crippen molar-refractivity contribution < 1.29 is 48.6 Å². The Morgan fingerprint density at radius 3 is 1.91 bits per heavy atom. The van der Waals surface area contributed by atoms with Crippen LogP contribution in [-0.4, -0.2) is 124 Å². The van der Waals surface area contributed by atoms with Gasteiger partial charge in [-0.1, -0.05) is 13.8 Å². The van der Waals surface area contributed by atoms with Crippen molar-refractivity contribution >= 4 is 59.9 Å². The highest BCUT2D eigenvalue weighted by molar-refractivity contribution is 7.80. The molecule has 0 saturated carbocycles. The Balaban J connectivity index is 3.02. The highest BCUT2D eigenvalue weighted by Crippen LogP contribution is 2.19. The number of thiol groups is 1. The first-order valence-corrected chi connectivity index (χ1v) is 15.9. The Hall–Kier alpha value is -3.97. The fourth-order valence-electron chi connectivity index (χ4n) is 4.66. The van der Waals surface area contributed by atoms with E-state index in [1.54, 1.807) is 0 Å². The number of likely N-dealkylation sites (tertiary alicyclic amines) is 1. The standard InChI is InChI=1S/C28H48N8O10S/c1-13(2)10-18(24(41)32-15(4)28(45)46)34-26(43)20-6-5-9-36(20)27(44)14(3)31-23(40)17(7-8-21(30)38)33-25(42)19(11-37)35-22(39)16(29)12-47/h13-20,37,47H,5-12,29H2,1-4H3,(H2,30,38)(H,31,40)(H,32,41)(H,33,42)(H,34,43)(H,35,39)(H,45,46)/t14-,15-,16-,17-,18-,19-,20-/m0/s1. The van der Waals surface area contributed by atoms with Crippen molar-refractivity contribution in [3.63, 3.8) is 0 Å². The Morgan fingerprint density at radius 1 is 0.830 bits per heavy atom. The number of aliphatic hydroxyl groups is 1. The molecule has 266 valence electrons. The molecule has 0 unspecified atom stereocenters. The molecule has 47 heavy (non-hydrogen) atoms. The smallest absolute Gasteiger partial charge is 0.325 e. The summed E-state index contributed by atoms with van der Waals surface area (Å²) in [5.41, 5.74) is 10.8. The van der Waals surface area contributed by atoms with Gasteiger partial charge in [0.05, 0.1) is 12.6 Å². The lowest BCUT2D eigenvalue weighted by Gasteiger charge is -2.30. The summed E-state index contributed by atoms with van der Waals surface area (Å²) >= 11 is 3.90. The van der Waals surface area contributed by atoms with Crippen LogP contribution in [0.1, 0.15) is 59.8 Å². The first-order chi connectivity index (χ1) is 21.9. The lowest BCUT2D eigenvalue weighted by atomic mass is 10.0. The van der Waals surface area contributed by atoms with Crippen molar-refractivity contribution in [2.75, 3.05) is 18.9 Å². The summed E-state index contributed by atoms with van der Waals surface area (Å²) < 4.78 is 0. The monoisotopic (exact) mass is 688 g/mol. The van der Waals surface area contributed by atoms with Crippen LogP contribution in [0.5, 0.6) is 0 Å². The van der Waals surface area contributed by atoms with Crippen LogP contribution in [0.4, 0.5) is 0 Å². The molecule has 1 fully saturated rings. The Labute approximate surface area is 278 Å². The molecule has 0 aromatic heterocycles. The molecule has 7 amide bonds. The molecule has 1 aliphatic heterocycles. The van der Waals surface area contributed by atoms with Crippen molar-refractivity contribution in [1.82, 2.24) is 31.5 Å². The predicted octanol–water partition coefficient (Wildman–Crippen LogP) is -3.91. The summed E-state index contributed by atoms with van der Waals surface area (Å²) in [6, 6.07) is -8.42. The molecule has 0 spiro atoms. The zero-order chi connectivity index (χ0) is 36.0. The van der Waals surface area contributed by atoms with Gasteiger partial charge in [-0.15, -0.1) is 0 Å². The van der Waals surface area contributed by atoms with E-state index in [-0.39, 0.29) is 43.9 Å². The topological polar surface area (TPSA) is 292 Å². The maximum Gasteiger partial charge on any atom is 0.325 e. The number of nitrogens with one attached hydrogen (secondary N) is 5. The number of carbonyl (C=O) groups excluding carboxylic acids is 7. The number of carbonyl (C=O) groups is 8. The third-order valence-corrected chi connectivity index (χ3v) is 7.69. The van der Waals surface area contributed by atoms with Crippen molar-refractivity contribution in [1.29, 1.82) is 0 Å². The zero-order valence-corrected chi connectivity index (χ0v) is 27.9. The van der Waals surface area contributed by atoms with Gasteiger partial charge in [-0.3, -0.25) is 38.4 Å². The first-order valence-electron chi connectivity index (χ1n) is 15.2. The minimum absolute atomic E-state index is 0.0410. The van der Waals surface area contributed by atoms with E-state index in [1.165, 1.54) is 18.7 Å². The quantitative estimate of drug-likeness (QED) is 0.0585. The summed E-state index contributed by atoms with van der Waals surface area (Å²) in [5.74, 6) is -6.68. The van der Waals surface area contributed by atoms with Gasteiger partial charge in [-0.2, -0.15) is 12.6 Å². The number of nitrogens with two attached hydrogens (primary N) is 2. The third kappa shape index (κ3) is 13.3. The van der Waals surface area contributed by atoms with Crippen molar-refractivity contribution in [3.8, 4) is 0 Å². The molecular weight excluding hydrogens is 640 g/mol. The number of aliphatic hydroxyl groups excluding tert-OH is 1. The van der Waals surface area contributed by atoms with Gasteiger partial charge in [0, 0.05) is 18.7 Å². The number of carboxylic acids is 1. The van der Waals surface area contributed by atoms with Crippen LogP contribution in [0.2, 0.25) is 0 Å². The van der Waals surface area contributed by atoms with Gasteiger partial charge in [0.15, 0.2) is 0 Å². The number of primary amides is 1. The summed E-state index contributed by atoms with van der Waals surface area (Å²) in [6.45, 7) is 5.62. The van der Waals surface area contributed by atoms with E-state index >= 15 is 0 Å². The van der Waals surface area contributed by atoms with Gasteiger partial charge in [0.2, 0.25) is 41.4 Å². The molecule has 0 bridgehead atoms. The van der Waals surface area contributed by atoms with E-state index in [0.717, 1.165) is 0 Å². The molecule has 1 rings (SSSR count). The van der Waals surface area contributed by atoms with Crippen molar-refractivity contribution in [2.45, 2.75) is 102 Å². The molecule has 1 saturated heterocycles. The first kappa shape index (κ1) is 41.1. The minimum Gasteiger partial charge on any atom is -0.480 e. The zero-order valence-electron chi connectivity index (χ0n) is 27.0. The highest BCUT2D eigenvalue weighted by atomic mass is 32.1. The van der Waals surface area contributed by atoms with Crippen LogP contribution in [0.3, 0.4) is 0 Å². The van der Waals surface area contributed by atoms with Gasteiger partial charge in [-0.25, -0.2) is 0 Å². The van der Waals surface area contributed by atoms with E-state index in [1.807, 2.05) is 13.8 Å². The molecule has 1 aliphatic rings. The van der Waals surface area contributed by atoms with Crippen LogP contribution in [-0.2, 0) is 38.4 Å². The van der Waals surface area contributed by atoms with E-state index in [2.05, 4.69) is 39.2 Å². The number of hydrogen-bond acceptors (Lipinski definition) is 11. The maximum absolute atomic E-state index is 13.4.